The van der Waals surface area contributed by atoms with Crippen molar-refractivity contribution < 1.29 is 0 Å². The van der Waals surface area contributed by atoms with Crippen LogP contribution >= 0.6 is 11.3 Å². The highest BCUT2D eigenvalue weighted by Gasteiger charge is 2.28. The molecule has 21 heavy (non-hydrogen) atoms. The fourth-order valence-corrected chi connectivity index (χ4v) is 4.90. The van der Waals surface area contributed by atoms with E-state index in [1.807, 2.05) is 11.3 Å². The molecule has 0 spiro atoms. The second-order valence-corrected chi connectivity index (χ2v) is 7.66. The molecule has 0 bridgehead atoms. The van der Waals surface area contributed by atoms with Gasteiger partial charge in [-0.15, -0.1) is 11.3 Å². The van der Waals surface area contributed by atoms with Crippen LogP contribution in [0, 0.1) is 0 Å². The Morgan fingerprint density at radius 3 is 2.81 bits per heavy atom. The van der Waals surface area contributed by atoms with Crippen LogP contribution in [-0.2, 0) is 6.42 Å². The first-order chi connectivity index (χ1) is 10.4. The van der Waals surface area contributed by atoms with Gasteiger partial charge in [0.25, 0.3) is 0 Å². The van der Waals surface area contributed by atoms with Crippen LogP contribution in [-0.4, -0.2) is 48.6 Å². The molecule has 112 valence electrons. The van der Waals surface area contributed by atoms with E-state index in [-0.39, 0.29) is 0 Å². The lowest BCUT2D eigenvalue weighted by atomic mass is 10.2. The number of likely N-dealkylation sites (tertiary alicyclic amines) is 2. The molecule has 4 rings (SSSR count). The third kappa shape index (κ3) is 3.01. The molecule has 1 unspecified atom stereocenters. The second-order valence-electron chi connectivity index (χ2n) is 6.49. The number of thiophene rings is 1. The molecule has 3 heteroatoms. The van der Waals surface area contributed by atoms with Crippen molar-refractivity contribution in [1.29, 1.82) is 0 Å². The topological polar surface area (TPSA) is 6.48 Å². The average molecular weight is 300 g/mol. The van der Waals surface area contributed by atoms with E-state index in [4.69, 9.17) is 0 Å². The van der Waals surface area contributed by atoms with Crippen molar-refractivity contribution in [1.82, 2.24) is 9.80 Å². The lowest BCUT2D eigenvalue weighted by Gasteiger charge is -2.23. The van der Waals surface area contributed by atoms with Crippen LogP contribution in [0.15, 0.2) is 30.3 Å². The quantitative estimate of drug-likeness (QED) is 0.851. The van der Waals surface area contributed by atoms with Crippen LogP contribution in [0.5, 0.6) is 0 Å². The zero-order chi connectivity index (χ0) is 14.1. The van der Waals surface area contributed by atoms with Crippen molar-refractivity contribution in [3.8, 4) is 0 Å². The highest BCUT2D eigenvalue weighted by atomic mass is 32.1. The van der Waals surface area contributed by atoms with Gasteiger partial charge in [0.05, 0.1) is 0 Å². The van der Waals surface area contributed by atoms with E-state index in [0.29, 0.717) is 0 Å². The minimum atomic E-state index is 0.843. The van der Waals surface area contributed by atoms with Crippen molar-refractivity contribution in [2.45, 2.75) is 31.7 Å². The van der Waals surface area contributed by atoms with Gasteiger partial charge in [0.2, 0.25) is 0 Å². The maximum atomic E-state index is 2.72. The van der Waals surface area contributed by atoms with E-state index in [2.05, 4.69) is 40.1 Å². The molecule has 0 saturated carbocycles. The Morgan fingerprint density at radius 2 is 1.95 bits per heavy atom. The van der Waals surface area contributed by atoms with Crippen LogP contribution < -0.4 is 0 Å². The third-order valence-corrected chi connectivity index (χ3v) is 6.23. The molecule has 2 nitrogen and oxygen atoms in total. The summed E-state index contributed by atoms with van der Waals surface area (Å²) in [6.45, 7) is 6.51. The standard InChI is InChI=1S/C18H24N2S/c1-2-6-18-15(5-1)13-17(21-18)8-12-19-11-7-16(14-19)20-9-3-4-10-20/h1-2,5-6,13,16H,3-4,7-12,14H2. The minimum absolute atomic E-state index is 0.843. The van der Waals surface area contributed by atoms with Crippen LogP contribution in [0.1, 0.15) is 24.1 Å². The summed E-state index contributed by atoms with van der Waals surface area (Å²) in [5, 5.41) is 1.41. The molecule has 1 aromatic carbocycles. The monoisotopic (exact) mass is 300 g/mol. The molecule has 2 saturated heterocycles. The molecule has 2 fully saturated rings. The van der Waals surface area contributed by atoms with Gasteiger partial charge in [-0.25, -0.2) is 0 Å². The summed E-state index contributed by atoms with van der Waals surface area (Å²) in [4.78, 5) is 6.94. The number of hydrogen-bond acceptors (Lipinski definition) is 3. The van der Waals surface area contributed by atoms with E-state index in [1.54, 1.807) is 4.88 Å². The van der Waals surface area contributed by atoms with Crippen LogP contribution in [0.25, 0.3) is 10.1 Å². The fraction of sp³-hybridized carbons (Fsp3) is 0.556. The fourth-order valence-electron chi connectivity index (χ4n) is 3.85. The predicted octanol–water partition coefficient (Wildman–Crippen LogP) is 3.61. The molecule has 0 amide bonds. The Balaban J connectivity index is 1.32. The molecule has 2 aromatic rings. The maximum Gasteiger partial charge on any atom is 0.0345 e. The summed E-state index contributed by atoms with van der Waals surface area (Å²) < 4.78 is 1.43. The summed E-state index contributed by atoms with van der Waals surface area (Å²) in [6.07, 6.45) is 5.43. The Morgan fingerprint density at radius 1 is 1.10 bits per heavy atom. The van der Waals surface area contributed by atoms with Crippen molar-refractivity contribution in [3.63, 3.8) is 0 Å². The van der Waals surface area contributed by atoms with E-state index in [1.165, 1.54) is 68.5 Å². The largest absolute Gasteiger partial charge is 0.301 e. The summed E-state index contributed by atoms with van der Waals surface area (Å²) >= 11 is 1.97. The molecule has 2 aliphatic heterocycles. The van der Waals surface area contributed by atoms with Gasteiger partial charge >= 0.3 is 0 Å². The van der Waals surface area contributed by atoms with Gasteiger partial charge in [-0.05, 0) is 62.8 Å². The van der Waals surface area contributed by atoms with Crippen LogP contribution in [0.4, 0.5) is 0 Å². The van der Waals surface area contributed by atoms with Gasteiger partial charge in [0.1, 0.15) is 0 Å². The minimum Gasteiger partial charge on any atom is -0.301 e. The predicted molar refractivity (Wildman–Crippen MR) is 91.2 cm³/mol. The summed E-state index contributed by atoms with van der Waals surface area (Å²) in [6, 6.07) is 12.0. The first-order valence-corrected chi connectivity index (χ1v) is 9.14. The van der Waals surface area contributed by atoms with Gasteiger partial charge in [0.15, 0.2) is 0 Å². The molecule has 1 atom stereocenters. The van der Waals surface area contributed by atoms with Crippen molar-refractivity contribution in [3.05, 3.63) is 35.2 Å². The normalized spacial score (nSPS) is 24.3. The molecule has 0 radical (unpaired) electrons. The molecule has 2 aliphatic rings. The van der Waals surface area contributed by atoms with Gasteiger partial charge in [-0.2, -0.15) is 0 Å². The number of hydrogen-bond donors (Lipinski definition) is 0. The first-order valence-electron chi connectivity index (χ1n) is 8.32. The number of benzene rings is 1. The molecule has 0 N–H and O–H groups in total. The smallest absolute Gasteiger partial charge is 0.0345 e. The molecular formula is C18H24N2S. The Kier molecular flexibility index (Phi) is 3.97. The van der Waals surface area contributed by atoms with Crippen molar-refractivity contribution >= 4 is 21.4 Å². The average Bonchev–Trinajstić information content (AvgIpc) is 3.23. The van der Waals surface area contributed by atoms with E-state index >= 15 is 0 Å². The molecule has 1 aromatic heterocycles. The highest BCUT2D eigenvalue weighted by molar-refractivity contribution is 7.19. The van der Waals surface area contributed by atoms with Gasteiger partial charge in [-0.3, -0.25) is 4.90 Å². The Hall–Kier alpha value is -0.900. The van der Waals surface area contributed by atoms with Crippen molar-refractivity contribution in [2.75, 3.05) is 32.7 Å². The van der Waals surface area contributed by atoms with Crippen molar-refractivity contribution in [2.24, 2.45) is 0 Å². The van der Waals surface area contributed by atoms with Gasteiger partial charge in [-0.1, -0.05) is 18.2 Å². The third-order valence-electron chi connectivity index (χ3n) is 5.06. The van der Waals surface area contributed by atoms with Gasteiger partial charge in [0, 0.05) is 28.7 Å². The molecule has 3 heterocycles. The summed E-state index contributed by atoms with van der Waals surface area (Å²) in [7, 11) is 0. The highest BCUT2D eigenvalue weighted by Crippen LogP contribution is 2.26. The molecule has 0 aliphatic carbocycles. The number of rotatable bonds is 4. The van der Waals surface area contributed by atoms with E-state index in [9.17, 15) is 0 Å². The molecular weight excluding hydrogens is 276 g/mol. The lowest BCUT2D eigenvalue weighted by molar-refractivity contribution is 0.233. The van der Waals surface area contributed by atoms with E-state index < -0.39 is 0 Å². The Labute approximate surface area is 131 Å². The van der Waals surface area contributed by atoms with E-state index in [0.717, 1.165) is 6.04 Å². The van der Waals surface area contributed by atoms with Crippen LogP contribution in [0.2, 0.25) is 0 Å². The first kappa shape index (κ1) is 13.7. The van der Waals surface area contributed by atoms with Crippen LogP contribution in [0.3, 0.4) is 0 Å². The zero-order valence-electron chi connectivity index (χ0n) is 12.6. The SMILES string of the molecule is c1ccc2sc(CCN3CCC(N4CCCC4)C3)cc2c1. The summed E-state index contributed by atoms with van der Waals surface area (Å²) in [5.41, 5.74) is 0. The van der Waals surface area contributed by atoms with Gasteiger partial charge < -0.3 is 4.90 Å². The maximum absolute atomic E-state index is 2.72. The number of fused-ring (bicyclic) bond motifs is 1. The second kappa shape index (κ2) is 6.07. The lowest BCUT2D eigenvalue weighted by Crippen LogP contribution is -2.35. The number of nitrogens with zero attached hydrogens (tertiary/aromatic N) is 2. The zero-order valence-corrected chi connectivity index (χ0v) is 13.4. The Bertz CT molecular complexity index is 567. The summed E-state index contributed by atoms with van der Waals surface area (Å²) in [5.74, 6) is 0.